The second-order valence-electron chi connectivity index (χ2n) is 3.42. The third-order valence-corrected chi connectivity index (χ3v) is 2.41. The zero-order chi connectivity index (χ0) is 12.3. The van der Waals surface area contributed by atoms with Crippen molar-refractivity contribution >= 4 is 17.5 Å². The number of carbonyl (C=O) groups excluding carboxylic acids is 1. The molecule has 0 radical (unpaired) electrons. The molecule has 17 heavy (non-hydrogen) atoms. The number of hydrogen-bond donors (Lipinski definition) is 1. The Balaban J connectivity index is 2.33. The first kappa shape index (κ1) is 11.5. The van der Waals surface area contributed by atoms with Crippen LogP contribution in [0.2, 0.25) is 5.02 Å². The zero-order valence-corrected chi connectivity index (χ0v) is 9.65. The molecular weight excluding hydrogens is 238 g/mol. The number of hydrogen-bond acceptors (Lipinski definition) is 2. The molecule has 2 N–H and O–H groups in total. The number of nitrogens with two attached hydrogens (primary N) is 1. The Morgan fingerprint density at radius 2 is 1.88 bits per heavy atom. The van der Waals surface area contributed by atoms with Gasteiger partial charge in [-0.1, -0.05) is 29.8 Å². The van der Waals surface area contributed by atoms with E-state index in [1.165, 1.54) is 0 Å². The van der Waals surface area contributed by atoms with Crippen LogP contribution in [0.4, 0.5) is 0 Å². The van der Waals surface area contributed by atoms with E-state index >= 15 is 0 Å². The molecule has 0 saturated heterocycles. The Bertz CT molecular complexity index is 555. The molecule has 2 rings (SSSR count). The lowest BCUT2D eigenvalue weighted by atomic mass is 10.2. The van der Waals surface area contributed by atoms with Crippen LogP contribution in [-0.2, 0) is 0 Å². The van der Waals surface area contributed by atoms with Gasteiger partial charge >= 0.3 is 0 Å². The number of primary amides is 1. The first-order chi connectivity index (χ1) is 8.16. The molecule has 0 aliphatic rings. The van der Waals surface area contributed by atoms with Gasteiger partial charge in [-0.15, -0.1) is 0 Å². The Morgan fingerprint density at radius 1 is 1.12 bits per heavy atom. The van der Waals surface area contributed by atoms with E-state index in [0.29, 0.717) is 22.1 Å². The quantitative estimate of drug-likeness (QED) is 0.905. The van der Waals surface area contributed by atoms with Crippen LogP contribution < -0.4 is 10.5 Å². The number of halogens is 1. The summed E-state index contributed by atoms with van der Waals surface area (Å²) >= 11 is 5.84. The number of amides is 1. The monoisotopic (exact) mass is 247 g/mol. The summed E-state index contributed by atoms with van der Waals surface area (Å²) in [5.74, 6) is 0.455. The van der Waals surface area contributed by atoms with Gasteiger partial charge < -0.3 is 10.5 Å². The summed E-state index contributed by atoms with van der Waals surface area (Å²) in [5.41, 5.74) is 5.59. The fourth-order valence-electron chi connectivity index (χ4n) is 1.42. The summed E-state index contributed by atoms with van der Waals surface area (Å²) in [6, 6.07) is 13.7. The first-order valence-corrected chi connectivity index (χ1v) is 5.37. The molecule has 0 fully saturated rings. The maximum absolute atomic E-state index is 11.2. The van der Waals surface area contributed by atoms with Gasteiger partial charge in [0, 0.05) is 5.02 Å². The van der Waals surface area contributed by atoms with Gasteiger partial charge in [-0.05, 0) is 30.3 Å². The van der Waals surface area contributed by atoms with E-state index in [-0.39, 0.29) is 0 Å². The maximum Gasteiger partial charge on any atom is 0.252 e. The minimum absolute atomic E-state index is 0.340. The molecule has 0 spiro atoms. The standard InChI is InChI=1S/C13H10ClNO2/c14-9-4-3-5-10(8-9)17-12-7-2-1-6-11(12)13(15)16/h1-8H,(H2,15,16). The fraction of sp³-hybridized carbons (Fsp3) is 0. The minimum atomic E-state index is -0.525. The highest BCUT2D eigenvalue weighted by molar-refractivity contribution is 6.30. The summed E-state index contributed by atoms with van der Waals surface area (Å²) in [5, 5.41) is 0.569. The fourth-order valence-corrected chi connectivity index (χ4v) is 1.60. The molecule has 86 valence electrons. The van der Waals surface area contributed by atoms with Crippen molar-refractivity contribution in [1.29, 1.82) is 0 Å². The normalized spacial score (nSPS) is 9.94. The molecule has 0 unspecified atom stereocenters. The second-order valence-corrected chi connectivity index (χ2v) is 3.86. The van der Waals surface area contributed by atoms with E-state index in [2.05, 4.69) is 0 Å². The molecule has 0 aliphatic carbocycles. The van der Waals surface area contributed by atoms with Gasteiger partial charge in [0.25, 0.3) is 5.91 Å². The molecule has 2 aromatic carbocycles. The highest BCUT2D eigenvalue weighted by Gasteiger charge is 2.09. The topological polar surface area (TPSA) is 52.3 Å². The van der Waals surface area contributed by atoms with Crippen LogP contribution in [0.1, 0.15) is 10.4 Å². The van der Waals surface area contributed by atoms with Crippen LogP contribution in [0.3, 0.4) is 0 Å². The molecule has 0 bridgehead atoms. The summed E-state index contributed by atoms with van der Waals surface area (Å²) < 4.78 is 5.57. The number of benzene rings is 2. The van der Waals surface area contributed by atoms with Gasteiger partial charge in [0.15, 0.2) is 0 Å². The number of ether oxygens (including phenoxy) is 1. The van der Waals surface area contributed by atoms with Crippen LogP contribution in [0.15, 0.2) is 48.5 Å². The summed E-state index contributed by atoms with van der Waals surface area (Å²) in [6.07, 6.45) is 0. The summed E-state index contributed by atoms with van der Waals surface area (Å²) in [7, 11) is 0. The van der Waals surface area contributed by atoms with Crippen LogP contribution in [0, 0.1) is 0 Å². The summed E-state index contributed by atoms with van der Waals surface area (Å²) in [4.78, 5) is 11.2. The van der Waals surface area contributed by atoms with E-state index in [0.717, 1.165) is 0 Å². The Labute approximate surface area is 104 Å². The Morgan fingerprint density at radius 3 is 2.59 bits per heavy atom. The van der Waals surface area contributed by atoms with Gasteiger partial charge in [-0.25, -0.2) is 0 Å². The smallest absolute Gasteiger partial charge is 0.252 e. The molecule has 2 aromatic rings. The van der Waals surface area contributed by atoms with Crippen LogP contribution in [-0.4, -0.2) is 5.91 Å². The molecule has 1 amide bonds. The van der Waals surface area contributed by atoms with E-state index in [1.807, 2.05) is 0 Å². The molecule has 3 nitrogen and oxygen atoms in total. The molecule has 0 aromatic heterocycles. The third kappa shape index (κ3) is 2.77. The lowest BCUT2D eigenvalue weighted by Gasteiger charge is -2.08. The molecule has 0 saturated carbocycles. The van der Waals surface area contributed by atoms with Crippen molar-refractivity contribution < 1.29 is 9.53 Å². The van der Waals surface area contributed by atoms with Crippen LogP contribution in [0.25, 0.3) is 0 Å². The van der Waals surface area contributed by atoms with Crippen molar-refractivity contribution in [3.63, 3.8) is 0 Å². The van der Waals surface area contributed by atoms with Gasteiger partial charge in [0.05, 0.1) is 5.56 Å². The van der Waals surface area contributed by atoms with Crippen molar-refractivity contribution in [2.24, 2.45) is 5.73 Å². The number of rotatable bonds is 3. The van der Waals surface area contributed by atoms with E-state index in [9.17, 15) is 4.79 Å². The van der Waals surface area contributed by atoms with Gasteiger partial charge in [-0.3, -0.25) is 4.79 Å². The van der Waals surface area contributed by atoms with E-state index in [1.54, 1.807) is 48.5 Å². The Hall–Kier alpha value is -2.00. The largest absolute Gasteiger partial charge is 0.456 e. The second kappa shape index (κ2) is 4.89. The first-order valence-electron chi connectivity index (χ1n) is 4.99. The van der Waals surface area contributed by atoms with E-state index < -0.39 is 5.91 Å². The van der Waals surface area contributed by atoms with Crippen molar-refractivity contribution in [3.05, 3.63) is 59.1 Å². The summed E-state index contributed by atoms with van der Waals surface area (Å²) in [6.45, 7) is 0. The van der Waals surface area contributed by atoms with Crippen LogP contribution in [0.5, 0.6) is 11.5 Å². The number of para-hydroxylation sites is 1. The van der Waals surface area contributed by atoms with Crippen molar-refractivity contribution in [2.75, 3.05) is 0 Å². The van der Waals surface area contributed by atoms with Crippen molar-refractivity contribution in [2.45, 2.75) is 0 Å². The highest BCUT2D eigenvalue weighted by Crippen LogP contribution is 2.26. The van der Waals surface area contributed by atoms with Crippen LogP contribution >= 0.6 is 11.6 Å². The molecule has 0 heterocycles. The van der Waals surface area contributed by atoms with E-state index in [4.69, 9.17) is 22.1 Å². The lowest BCUT2D eigenvalue weighted by molar-refractivity contribution is 0.0998. The van der Waals surface area contributed by atoms with Crippen molar-refractivity contribution in [1.82, 2.24) is 0 Å². The molecule has 4 heteroatoms. The zero-order valence-electron chi connectivity index (χ0n) is 8.89. The third-order valence-electron chi connectivity index (χ3n) is 2.18. The predicted molar refractivity (Wildman–Crippen MR) is 66.5 cm³/mol. The SMILES string of the molecule is NC(=O)c1ccccc1Oc1cccc(Cl)c1. The lowest BCUT2D eigenvalue weighted by Crippen LogP contribution is -2.11. The Kier molecular flexibility index (Phi) is 3.30. The molecular formula is C13H10ClNO2. The van der Waals surface area contributed by atoms with Gasteiger partial charge in [0.1, 0.15) is 11.5 Å². The highest BCUT2D eigenvalue weighted by atomic mass is 35.5. The van der Waals surface area contributed by atoms with Gasteiger partial charge in [-0.2, -0.15) is 0 Å². The van der Waals surface area contributed by atoms with Crippen molar-refractivity contribution in [3.8, 4) is 11.5 Å². The molecule has 0 aliphatic heterocycles. The maximum atomic E-state index is 11.2. The molecule has 0 atom stereocenters. The average Bonchev–Trinajstić information content (AvgIpc) is 2.29. The average molecular weight is 248 g/mol. The van der Waals surface area contributed by atoms with Gasteiger partial charge in [0.2, 0.25) is 0 Å². The minimum Gasteiger partial charge on any atom is -0.456 e. The predicted octanol–water partition coefficient (Wildman–Crippen LogP) is 3.23. The number of carbonyl (C=O) groups is 1.